The van der Waals surface area contributed by atoms with Crippen LogP contribution in [0.2, 0.25) is 0 Å². The first-order valence-electron chi connectivity index (χ1n) is 6.88. The first kappa shape index (κ1) is 16.7. The number of nitrogens with one attached hydrogen (secondary N) is 2. The summed E-state index contributed by atoms with van der Waals surface area (Å²) >= 11 is 3.34. The number of benzene rings is 2. The number of rotatable bonds is 5. The van der Waals surface area contributed by atoms with Crippen LogP contribution >= 0.6 is 15.9 Å². The molecule has 0 heterocycles. The average molecular weight is 372 g/mol. The molecular weight excluding hydrogens is 358 g/mol. The normalized spacial score (nSPS) is 9.74. The number of halogens is 1. The Morgan fingerprint density at radius 2 is 1.78 bits per heavy atom. The number of nitriles is 1. The fourth-order valence-corrected chi connectivity index (χ4v) is 2.37. The third kappa shape index (κ3) is 4.94. The molecule has 0 unspecified atom stereocenters. The van der Waals surface area contributed by atoms with Crippen LogP contribution in [0, 0.1) is 11.3 Å². The molecule has 2 rings (SSSR count). The molecule has 2 aromatic carbocycles. The number of hydrogen-bond acceptors (Lipinski definition) is 3. The zero-order valence-corrected chi connectivity index (χ0v) is 13.8. The van der Waals surface area contributed by atoms with E-state index in [0.717, 1.165) is 10.0 Å². The van der Waals surface area contributed by atoms with E-state index in [1.54, 1.807) is 30.3 Å². The molecule has 23 heavy (non-hydrogen) atoms. The average Bonchev–Trinajstić information content (AvgIpc) is 2.54. The predicted octanol–water partition coefficient (Wildman–Crippen LogP) is 3.23. The van der Waals surface area contributed by atoms with Gasteiger partial charge in [-0.05, 0) is 45.8 Å². The number of anilines is 1. The molecule has 0 bridgehead atoms. The molecule has 0 aliphatic heterocycles. The maximum absolute atomic E-state index is 12.1. The summed E-state index contributed by atoms with van der Waals surface area (Å²) < 4.78 is 0.744. The second-order valence-electron chi connectivity index (χ2n) is 4.74. The summed E-state index contributed by atoms with van der Waals surface area (Å²) in [6, 6.07) is 16.1. The van der Waals surface area contributed by atoms with Gasteiger partial charge in [0.15, 0.2) is 0 Å². The topological polar surface area (TPSA) is 82.0 Å². The van der Waals surface area contributed by atoms with Gasteiger partial charge in [0.2, 0.25) is 5.91 Å². The van der Waals surface area contributed by atoms with E-state index in [4.69, 9.17) is 5.26 Å². The van der Waals surface area contributed by atoms with E-state index in [9.17, 15) is 9.59 Å². The van der Waals surface area contributed by atoms with Crippen molar-refractivity contribution >= 4 is 33.4 Å². The molecule has 0 aliphatic carbocycles. The minimum absolute atomic E-state index is 0.163. The van der Waals surface area contributed by atoms with Crippen molar-refractivity contribution in [2.45, 2.75) is 13.0 Å². The van der Waals surface area contributed by atoms with Crippen LogP contribution in [0.4, 0.5) is 5.69 Å². The summed E-state index contributed by atoms with van der Waals surface area (Å²) in [6.07, 6.45) is -0.177. The minimum atomic E-state index is -0.345. The molecule has 2 aromatic rings. The maximum Gasteiger partial charge on any atom is 0.252 e. The lowest BCUT2D eigenvalue weighted by Crippen LogP contribution is -2.23. The van der Waals surface area contributed by atoms with Crippen molar-refractivity contribution in [2.24, 2.45) is 0 Å². The van der Waals surface area contributed by atoms with Crippen LogP contribution in [0.15, 0.2) is 53.0 Å². The van der Waals surface area contributed by atoms with Crippen LogP contribution in [0.1, 0.15) is 22.3 Å². The summed E-state index contributed by atoms with van der Waals surface area (Å²) in [6.45, 7) is 0.382. The Morgan fingerprint density at radius 1 is 1.09 bits per heavy atom. The standard InChI is InChI=1S/C17H14BrN3O2/c18-15-4-2-1-3-14(15)17(23)20-11-12-5-7-13(8-6-12)21-16(22)9-10-19/h1-8H,9,11H2,(H,20,23)(H,21,22). The molecule has 0 spiro atoms. The highest BCUT2D eigenvalue weighted by atomic mass is 79.9. The third-order valence-corrected chi connectivity index (χ3v) is 3.74. The molecule has 5 nitrogen and oxygen atoms in total. The Kier molecular flexibility index (Phi) is 5.89. The van der Waals surface area contributed by atoms with Crippen molar-refractivity contribution in [3.63, 3.8) is 0 Å². The SMILES string of the molecule is N#CCC(=O)Nc1ccc(CNC(=O)c2ccccc2Br)cc1. The van der Waals surface area contributed by atoms with Crippen molar-refractivity contribution in [1.82, 2.24) is 5.32 Å². The Balaban J connectivity index is 1.92. The summed E-state index contributed by atoms with van der Waals surface area (Å²) in [4.78, 5) is 23.4. The molecule has 2 N–H and O–H groups in total. The molecule has 116 valence electrons. The molecule has 2 amide bonds. The lowest BCUT2D eigenvalue weighted by Gasteiger charge is -2.08. The first-order chi connectivity index (χ1) is 11.1. The molecule has 6 heteroatoms. The van der Waals surface area contributed by atoms with Crippen LogP contribution in [0.25, 0.3) is 0 Å². The number of carbonyl (C=O) groups is 2. The van der Waals surface area contributed by atoms with Crippen molar-refractivity contribution < 1.29 is 9.59 Å². The van der Waals surface area contributed by atoms with Gasteiger partial charge in [-0.2, -0.15) is 5.26 Å². The van der Waals surface area contributed by atoms with Gasteiger partial charge >= 0.3 is 0 Å². The second kappa shape index (κ2) is 8.11. The van der Waals surface area contributed by atoms with E-state index in [2.05, 4.69) is 26.6 Å². The molecule has 0 saturated heterocycles. The highest BCUT2D eigenvalue weighted by Crippen LogP contribution is 2.16. The van der Waals surface area contributed by atoms with Gasteiger partial charge in [-0.1, -0.05) is 24.3 Å². The summed E-state index contributed by atoms with van der Waals surface area (Å²) in [5.74, 6) is -0.508. The van der Waals surface area contributed by atoms with Crippen LogP contribution in [-0.2, 0) is 11.3 Å². The lowest BCUT2D eigenvalue weighted by molar-refractivity contribution is -0.115. The quantitative estimate of drug-likeness (QED) is 0.846. The van der Waals surface area contributed by atoms with E-state index in [1.165, 1.54) is 0 Å². The maximum atomic E-state index is 12.1. The summed E-state index contributed by atoms with van der Waals surface area (Å²) in [5, 5.41) is 13.9. The van der Waals surface area contributed by atoms with Gasteiger partial charge in [-0.3, -0.25) is 9.59 Å². The molecule has 0 fully saturated rings. The zero-order valence-electron chi connectivity index (χ0n) is 12.2. The number of hydrogen-bond donors (Lipinski definition) is 2. The molecule has 0 aromatic heterocycles. The second-order valence-corrected chi connectivity index (χ2v) is 5.60. The predicted molar refractivity (Wildman–Crippen MR) is 90.6 cm³/mol. The van der Waals surface area contributed by atoms with E-state index in [-0.39, 0.29) is 18.2 Å². The highest BCUT2D eigenvalue weighted by molar-refractivity contribution is 9.10. The molecule has 0 atom stereocenters. The Labute approximate surface area is 142 Å². The van der Waals surface area contributed by atoms with E-state index in [1.807, 2.05) is 24.3 Å². The lowest BCUT2D eigenvalue weighted by atomic mass is 10.2. The van der Waals surface area contributed by atoms with Crippen LogP contribution in [0.5, 0.6) is 0 Å². The van der Waals surface area contributed by atoms with E-state index in [0.29, 0.717) is 17.8 Å². The largest absolute Gasteiger partial charge is 0.348 e. The van der Waals surface area contributed by atoms with E-state index >= 15 is 0 Å². The Morgan fingerprint density at radius 3 is 2.43 bits per heavy atom. The van der Waals surface area contributed by atoms with Crippen LogP contribution in [-0.4, -0.2) is 11.8 Å². The molecule has 0 aliphatic rings. The van der Waals surface area contributed by atoms with Gasteiger partial charge in [0.1, 0.15) is 6.42 Å². The van der Waals surface area contributed by atoms with Crippen molar-refractivity contribution in [3.8, 4) is 6.07 Å². The molecule has 0 radical (unpaired) electrons. The summed E-state index contributed by atoms with van der Waals surface area (Å²) in [7, 11) is 0. The van der Waals surface area contributed by atoms with Gasteiger partial charge in [0.05, 0.1) is 11.6 Å². The first-order valence-corrected chi connectivity index (χ1v) is 7.68. The van der Waals surface area contributed by atoms with Gasteiger partial charge in [-0.25, -0.2) is 0 Å². The fraction of sp³-hybridized carbons (Fsp3) is 0.118. The Hall–Kier alpha value is -2.65. The van der Waals surface area contributed by atoms with Crippen LogP contribution < -0.4 is 10.6 Å². The number of amides is 2. The van der Waals surface area contributed by atoms with Gasteiger partial charge in [-0.15, -0.1) is 0 Å². The zero-order chi connectivity index (χ0) is 16.7. The smallest absolute Gasteiger partial charge is 0.252 e. The highest BCUT2D eigenvalue weighted by Gasteiger charge is 2.08. The molecule has 0 saturated carbocycles. The Bertz CT molecular complexity index is 751. The van der Waals surface area contributed by atoms with Crippen LogP contribution in [0.3, 0.4) is 0 Å². The van der Waals surface area contributed by atoms with Crippen molar-refractivity contribution in [3.05, 3.63) is 64.1 Å². The molecular formula is C17H14BrN3O2. The monoisotopic (exact) mass is 371 g/mol. The van der Waals surface area contributed by atoms with Gasteiger partial charge < -0.3 is 10.6 Å². The van der Waals surface area contributed by atoms with Gasteiger partial charge in [0, 0.05) is 16.7 Å². The van der Waals surface area contributed by atoms with E-state index < -0.39 is 0 Å². The number of carbonyl (C=O) groups excluding carboxylic acids is 2. The fourth-order valence-electron chi connectivity index (χ4n) is 1.91. The van der Waals surface area contributed by atoms with Crippen molar-refractivity contribution in [1.29, 1.82) is 5.26 Å². The van der Waals surface area contributed by atoms with Gasteiger partial charge in [0.25, 0.3) is 5.91 Å². The third-order valence-electron chi connectivity index (χ3n) is 3.05. The summed E-state index contributed by atoms with van der Waals surface area (Å²) in [5.41, 5.74) is 2.10. The van der Waals surface area contributed by atoms with Crippen molar-refractivity contribution in [2.75, 3.05) is 5.32 Å². The number of nitrogens with zero attached hydrogens (tertiary/aromatic N) is 1. The minimum Gasteiger partial charge on any atom is -0.348 e.